The Labute approximate surface area is 136 Å². The first-order valence-electron chi connectivity index (χ1n) is 7.82. The smallest absolute Gasteiger partial charge is 0.260 e. The molecule has 1 aliphatic rings. The van der Waals surface area contributed by atoms with Crippen molar-refractivity contribution >= 4 is 15.9 Å². The van der Waals surface area contributed by atoms with Crippen LogP contribution in [0.25, 0.3) is 0 Å². The van der Waals surface area contributed by atoms with Gasteiger partial charge in [0.2, 0.25) is 10.0 Å². The topological polar surface area (TPSA) is 99.3 Å². The van der Waals surface area contributed by atoms with E-state index < -0.39 is 21.5 Å². The number of nitrogens with one attached hydrogen (secondary N) is 2. The summed E-state index contributed by atoms with van der Waals surface area (Å²) in [6, 6.07) is 3.07. The van der Waals surface area contributed by atoms with Gasteiger partial charge in [-0.25, -0.2) is 12.7 Å². The minimum atomic E-state index is -3.18. The Morgan fingerprint density at radius 2 is 2.00 bits per heavy atom. The Kier molecular flexibility index (Phi) is 5.59. The maximum absolute atomic E-state index is 12.2. The van der Waals surface area contributed by atoms with E-state index >= 15 is 0 Å². The Bertz CT molecular complexity index is 718. The highest BCUT2D eigenvalue weighted by Gasteiger charge is 2.28. The van der Waals surface area contributed by atoms with Crippen LogP contribution in [0.1, 0.15) is 42.2 Å². The van der Waals surface area contributed by atoms with Crippen molar-refractivity contribution < 1.29 is 13.2 Å². The van der Waals surface area contributed by atoms with Crippen molar-refractivity contribution in [3.8, 4) is 0 Å². The van der Waals surface area contributed by atoms with Crippen LogP contribution in [0.3, 0.4) is 0 Å². The highest BCUT2D eigenvalue weighted by atomic mass is 32.2. The summed E-state index contributed by atoms with van der Waals surface area (Å²) in [6.07, 6.45) is 1.70. The van der Waals surface area contributed by atoms with Crippen molar-refractivity contribution in [1.29, 1.82) is 0 Å². The van der Waals surface area contributed by atoms with E-state index in [2.05, 4.69) is 10.3 Å². The lowest BCUT2D eigenvalue weighted by Crippen LogP contribution is -2.47. The average molecular weight is 341 g/mol. The molecule has 1 aliphatic heterocycles. The van der Waals surface area contributed by atoms with E-state index in [1.165, 1.54) is 10.4 Å². The second-order valence-corrected chi connectivity index (χ2v) is 7.94. The average Bonchev–Trinajstić information content (AvgIpc) is 2.47. The van der Waals surface area contributed by atoms with E-state index in [-0.39, 0.29) is 17.4 Å². The van der Waals surface area contributed by atoms with Crippen molar-refractivity contribution in [2.45, 2.75) is 39.2 Å². The molecule has 1 amide bonds. The molecule has 2 rings (SSSR count). The van der Waals surface area contributed by atoms with Gasteiger partial charge in [0.15, 0.2) is 0 Å². The van der Waals surface area contributed by atoms with Crippen molar-refractivity contribution in [1.82, 2.24) is 14.6 Å². The lowest BCUT2D eigenvalue weighted by Gasteiger charge is -2.31. The van der Waals surface area contributed by atoms with Crippen LogP contribution in [0.2, 0.25) is 0 Å². The highest BCUT2D eigenvalue weighted by molar-refractivity contribution is 7.89. The summed E-state index contributed by atoms with van der Waals surface area (Å²) in [7, 11) is -3.18. The molecule has 2 N–H and O–H groups in total. The molecule has 2 heterocycles. The second-order valence-electron chi connectivity index (χ2n) is 5.85. The molecule has 0 aromatic carbocycles. The van der Waals surface area contributed by atoms with Crippen LogP contribution < -0.4 is 10.9 Å². The Morgan fingerprint density at radius 1 is 1.35 bits per heavy atom. The van der Waals surface area contributed by atoms with Gasteiger partial charge in [-0.15, -0.1) is 0 Å². The van der Waals surface area contributed by atoms with Crippen LogP contribution in [0, 0.1) is 6.92 Å². The van der Waals surface area contributed by atoms with Gasteiger partial charge in [0, 0.05) is 24.8 Å². The first kappa shape index (κ1) is 17.7. The molecule has 1 aromatic heterocycles. The molecule has 8 heteroatoms. The molecule has 0 atom stereocenters. The third-order valence-corrected chi connectivity index (χ3v) is 6.02. The maximum Gasteiger partial charge on any atom is 0.260 e. The number of pyridine rings is 1. The summed E-state index contributed by atoms with van der Waals surface area (Å²) in [4.78, 5) is 26.5. The van der Waals surface area contributed by atoms with E-state index in [1.807, 2.05) is 6.92 Å². The lowest BCUT2D eigenvalue weighted by atomic mass is 10.1. The van der Waals surface area contributed by atoms with E-state index in [4.69, 9.17) is 0 Å². The molecular formula is C15H23N3O4S. The number of carbonyl (C=O) groups is 1. The highest BCUT2D eigenvalue weighted by Crippen LogP contribution is 2.15. The van der Waals surface area contributed by atoms with Crippen LogP contribution in [-0.2, 0) is 10.0 Å². The first-order valence-corrected chi connectivity index (χ1v) is 9.43. The fourth-order valence-corrected chi connectivity index (χ4v) is 4.22. The molecule has 1 saturated heterocycles. The largest absolute Gasteiger partial charge is 0.349 e. The minimum Gasteiger partial charge on any atom is -0.349 e. The van der Waals surface area contributed by atoms with Crippen molar-refractivity contribution in [3.63, 3.8) is 0 Å². The number of aromatic amines is 1. The predicted molar refractivity (Wildman–Crippen MR) is 87.9 cm³/mol. The van der Waals surface area contributed by atoms with Gasteiger partial charge in [-0.3, -0.25) is 9.59 Å². The molecule has 128 valence electrons. The molecule has 23 heavy (non-hydrogen) atoms. The Balaban J connectivity index is 1.94. The number of H-pyrrole nitrogens is 1. The van der Waals surface area contributed by atoms with Gasteiger partial charge in [0.05, 0.1) is 5.75 Å². The molecular weight excluding hydrogens is 318 g/mol. The van der Waals surface area contributed by atoms with E-state index in [0.29, 0.717) is 38.0 Å². The number of carbonyl (C=O) groups excluding carboxylic acids is 1. The SMILES string of the molecule is CCCS(=O)(=O)N1CCC(NC(=O)c2ccc(C)[nH]c2=O)CC1. The number of amides is 1. The van der Waals surface area contributed by atoms with Gasteiger partial charge in [0.1, 0.15) is 5.56 Å². The number of nitrogens with zero attached hydrogens (tertiary/aromatic N) is 1. The van der Waals surface area contributed by atoms with Crippen molar-refractivity contribution in [2.24, 2.45) is 0 Å². The molecule has 0 radical (unpaired) electrons. The summed E-state index contributed by atoms with van der Waals surface area (Å²) in [5.74, 6) is -0.260. The summed E-state index contributed by atoms with van der Waals surface area (Å²) < 4.78 is 25.5. The zero-order chi connectivity index (χ0) is 17.0. The third kappa shape index (κ3) is 4.42. The van der Waals surface area contributed by atoms with E-state index in [9.17, 15) is 18.0 Å². The summed E-state index contributed by atoms with van der Waals surface area (Å²) in [5.41, 5.74) is 0.364. The zero-order valence-corrected chi connectivity index (χ0v) is 14.3. The second kappa shape index (κ2) is 7.27. The molecule has 0 saturated carbocycles. The van der Waals surface area contributed by atoms with Crippen LogP contribution in [-0.4, -0.2) is 48.5 Å². The van der Waals surface area contributed by atoms with Crippen LogP contribution in [0.4, 0.5) is 0 Å². The van der Waals surface area contributed by atoms with Gasteiger partial charge >= 0.3 is 0 Å². The molecule has 7 nitrogen and oxygen atoms in total. The van der Waals surface area contributed by atoms with E-state index in [1.54, 1.807) is 13.0 Å². The fraction of sp³-hybridized carbons (Fsp3) is 0.600. The zero-order valence-electron chi connectivity index (χ0n) is 13.5. The number of rotatable bonds is 5. The van der Waals surface area contributed by atoms with Crippen LogP contribution in [0.15, 0.2) is 16.9 Å². The molecule has 1 aromatic rings. The van der Waals surface area contributed by atoms with Gasteiger partial charge in [0.25, 0.3) is 11.5 Å². The quantitative estimate of drug-likeness (QED) is 0.820. The standard InChI is InChI=1S/C15H23N3O4S/c1-3-10-23(21,22)18-8-6-12(7-9-18)17-15(20)13-5-4-11(2)16-14(13)19/h4-5,12H,3,6-10H2,1-2H3,(H,16,19)(H,17,20). The summed E-state index contributed by atoms with van der Waals surface area (Å²) in [6.45, 7) is 4.38. The molecule has 1 fully saturated rings. The molecule has 0 unspecified atom stereocenters. The molecule has 0 spiro atoms. The van der Waals surface area contributed by atoms with Gasteiger partial charge in [-0.05, 0) is 38.3 Å². The molecule has 0 bridgehead atoms. The van der Waals surface area contributed by atoms with E-state index in [0.717, 1.165) is 0 Å². The van der Waals surface area contributed by atoms with Crippen molar-refractivity contribution in [3.05, 3.63) is 33.7 Å². The van der Waals surface area contributed by atoms with Crippen LogP contribution >= 0.6 is 0 Å². The number of hydrogen-bond donors (Lipinski definition) is 2. The molecule has 0 aliphatic carbocycles. The minimum absolute atomic E-state index is 0.0802. The first-order chi connectivity index (χ1) is 10.8. The fourth-order valence-electron chi connectivity index (χ4n) is 2.68. The van der Waals surface area contributed by atoms with Gasteiger partial charge in [-0.1, -0.05) is 6.92 Å². The summed E-state index contributed by atoms with van der Waals surface area (Å²) in [5, 5.41) is 2.82. The number of aromatic nitrogens is 1. The Hall–Kier alpha value is -1.67. The maximum atomic E-state index is 12.2. The number of hydrogen-bond acceptors (Lipinski definition) is 4. The predicted octanol–water partition coefficient (Wildman–Crippen LogP) is 0.617. The number of sulfonamides is 1. The number of aryl methyl sites for hydroxylation is 1. The number of piperidine rings is 1. The van der Waals surface area contributed by atoms with Gasteiger partial charge < -0.3 is 10.3 Å². The monoisotopic (exact) mass is 341 g/mol. The third-order valence-electron chi connectivity index (χ3n) is 3.94. The summed E-state index contributed by atoms with van der Waals surface area (Å²) >= 11 is 0. The lowest BCUT2D eigenvalue weighted by molar-refractivity contribution is 0.0922. The Morgan fingerprint density at radius 3 is 2.57 bits per heavy atom. The van der Waals surface area contributed by atoms with Crippen LogP contribution in [0.5, 0.6) is 0 Å². The van der Waals surface area contributed by atoms with Gasteiger partial charge in [-0.2, -0.15) is 0 Å². The van der Waals surface area contributed by atoms with Crippen molar-refractivity contribution in [2.75, 3.05) is 18.8 Å². The normalized spacial score (nSPS) is 17.1.